The summed E-state index contributed by atoms with van der Waals surface area (Å²) in [6.07, 6.45) is 0.118. The van der Waals surface area contributed by atoms with Gasteiger partial charge in [0, 0.05) is 31.7 Å². The SMILES string of the molecule is O=C(N[C@H](CC(=O)N1CCN(C(=O)c2ccccc2)CC1)c1ccccc1)c1ccccc1Cl. The second-order valence-corrected chi connectivity index (χ2v) is 8.57. The molecule has 34 heavy (non-hydrogen) atoms. The van der Waals surface area contributed by atoms with Gasteiger partial charge in [-0.1, -0.05) is 72.3 Å². The Morgan fingerprint density at radius 1 is 0.765 bits per heavy atom. The maximum Gasteiger partial charge on any atom is 0.253 e. The van der Waals surface area contributed by atoms with E-state index in [-0.39, 0.29) is 24.1 Å². The first-order valence-electron chi connectivity index (χ1n) is 11.3. The summed E-state index contributed by atoms with van der Waals surface area (Å²) < 4.78 is 0. The number of rotatable bonds is 6. The molecule has 0 aromatic heterocycles. The van der Waals surface area contributed by atoms with Crippen LogP contribution in [0.2, 0.25) is 5.02 Å². The van der Waals surface area contributed by atoms with E-state index >= 15 is 0 Å². The van der Waals surface area contributed by atoms with E-state index in [0.717, 1.165) is 5.56 Å². The molecule has 3 aromatic carbocycles. The van der Waals surface area contributed by atoms with Gasteiger partial charge in [0.2, 0.25) is 5.91 Å². The standard InChI is InChI=1S/C27H26ClN3O3/c28-23-14-8-7-13-22(23)26(33)29-24(20-9-3-1-4-10-20)19-25(32)30-15-17-31(18-16-30)27(34)21-11-5-2-6-12-21/h1-14,24H,15-19H2,(H,29,33)/t24-/m1/s1. The quantitative estimate of drug-likeness (QED) is 0.581. The van der Waals surface area contributed by atoms with E-state index in [9.17, 15) is 14.4 Å². The molecule has 3 amide bonds. The lowest BCUT2D eigenvalue weighted by Crippen LogP contribution is -2.51. The molecule has 174 valence electrons. The van der Waals surface area contributed by atoms with Gasteiger partial charge >= 0.3 is 0 Å². The fraction of sp³-hybridized carbons (Fsp3) is 0.222. The van der Waals surface area contributed by atoms with E-state index in [4.69, 9.17) is 11.6 Å². The maximum absolute atomic E-state index is 13.2. The summed E-state index contributed by atoms with van der Waals surface area (Å²) in [6.45, 7) is 1.86. The summed E-state index contributed by atoms with van der Waals surface area (Å²) in [5.74, 6) is -0.424. The van der Waals surface area contributed by atoms with E-state index in [0.29, 0.717) is 42.3 Å². The van der Waals surface area contributed by atoms with Crippen LogP contribution in [0, 0.1) is 0 Å². The third kappa shape index (κ3) is 5.64. The topological polar surface area (TPSA) is 69.7 Å². The molecule has 3 aromatic rings. The lowest BCUT2D eigenvalue weighted by Gasteiger charge is -2.35. The van der Waals surface area contributed by atoms with Gasteiger partial charge in [-0.3, -0.25) is 14.4 Å². The van der Waals surface area contributed by atoms with Gasteiger partial charge in [-0.2, -0.15) is 0 Å². The highest BCUT2D eigenvalue weighted by Crippen LogP contribution is 2.22. The van der Waals surface area contributed by atoms with Crippen LogP contribution >= 0.6 is 11.6 Å². The average Bonchev–Trinajstić information content (AvgIpc) is 2.89. The number of nitrogens with zero attached hydrogens (tertiary/aromatic N) is 2. The first-order valence-corrected chi connectivity index (χ1v) is 11.6. The van der Waals surface area contributed by atoms with E-state index < -0.39 is 6.04 Å². The molecular weight excluding hydrogens is 450 g/mol. The number of hydrogen-bond acceptors (Lipinski definition) is 3. The molecule has 6 nitrogen and oxygen atoms in total. The number of nitrogens with one attached hydrogen (secondary N) is 1. The molecule has 0 spiro atoms. The Balaban J connectivity index is 1.41. The highest BCUT2D eigenvalue weighted by atomic mass is 35.5. The molecule has 0 aliphatic carbocycles. The number of carbonyl (C=O) groups is 3. The molecule has 0 unspecified atom stereocenters. The van der Waals surface area contributed by atoms with Crippen molar-refractivity contribution in [3.63, 3.8) is 0 Å². The summed E-state index contributed by atoms with van der Waals surface area (Å²) in [5, 5.41) is 3.33. The molecule has 1 fully saturated rings. The molecule has 1 heterocycles. The summed E-state index contributed by atoms with van der Waals surface area (Å²) in [4.78, 5) is 42.3. The predicted molar refractivity (Wildman–Crippen MR) is 132 cm³/mol. The van der Waals surface area contributed by atoms with Crippen molar-refractivity contribution in [2.45, 2.75) is 12.5 Å². The van der Waals surface area contributed by atoms with Crippen LogP contribution in [-0.2, 0) is 4.79 Å². The monoisotopic (exact) mass is 475 g/mol. The van der Waals surface area contributed by atoms with E-state index in [2.05, 4.69) is 5.32 Å². The molecule has 1 atom stereocenters. The van der Waals surface area contributed by atoms with Gasteiger partial charge in [0.1, 0.15) is 0 Å². The number of hydrogen-bond donors (Lipinski definition) is 1. The van der Waals surface area contributed by atoms with Gasteiger partial charge in [0.15, 0.2) is 0 Å². The predicted octanol–water partition coefficient (Wildman–Crippen LogP) is 4.19. The van der Waals surface area contributed by atoms with Crippen molar-refractivity contribution in [2.75, 3.05) is 26.2 Å². The second-order valence-electron chi connectivity index (χ2n) is 8.16. The van der Waals surface area contributed by atoms with Crippen molar-refractivity contribution in [1.82, 2.24) is 15.1 Å². The van der Waals surface area contributed by atoms with Gasteiger partial charge in [0.25, 0.3) is 11.8 Å². The number of benzene rings is 3. The minimum absolute atomic E-state index is 0.0261. The molecular formula is C27H26ClN3O3. The zero-order valence-electron chi connectivity index (χ0n) is 18.7. The molecule has 1 aliphatic heterocycles. The van der Waals surface area contributed by atoms with Crippen molar-refractivity contribution < 1.29 is 14.4 Å². The highest BCUT2D eigenvalue weighted by molar-refractivity contribution is 6.33. The Kier molecular flexibility index (Phi) is 7.60. The van der Waals surface area contributed by atoms with Crippen LogP contribution in [0.25, 0.3) is 0 Å². The molecule has 4 rings (SSSR count). The maximum atomic E-state index is 13.2. The summed E-state index contributed by atoms with van der Waals surface area (Å²) in [6, 6.07) is 24.9. The molecule has 1 N–H and O–H groups in total. The fourth-order valence-corrected chi connectivity index (χ4v) is 4.27. The molecule has 0 bridgehead atoms. The van der Waals surface area contributed by atoms with Crippen LogP contribution in [-0.4, -0.2) is 53.7 Å². The Morgan fingerprint density at radius 3 is 1.97 bits per heavy atom. The van der Waals surface area contributed by atoms with E-state index in [1.54, 1.807) is 46.2 Å². The van der Waals surface area contributed by atoms with Gasteiger partial charge in [-0.15, -0.1) is 0 Å². The largest absolute Gasteiger partial charge is 0.345 e. The Hall–Kier alpha value is -3.64. The average molecular weight is 476 g/mol. The van der Waals surface area contributed by atoms with Crippen molar-refractivity contribution in [3.8, 4) is 0 Å². The minimum Gasteiger partial charge on any atom is -0.345 e. The van der Waals surface area contributed by atoms with Crippen LogP contribution in [0.4, 0.5) is 0 Å². The summed E-state index contributed by atoms with van der Waals surface area (Å²) in [5.41, 5.74) is 1.86. The smallest absolute Gasteiger partial charge is 0.253 e. The number of amides is 3. The molecule has 0 saturated carbocycles. The zero-order valence-corrected chi connectivity index (χ0v) is 19.4. The van der Waals surface area contributed by atoms with Crippen LogP contribution in [0.15, 0.2) is 84.9 Å². The normalized spacial score (nSPS) is 14.4. The molecule has 1 saturated heterocycles. The lowest BCUT2D eigenvalue weighted by molar-refractivity contribution is -0.133. The molecule has 1 aliphatic rings. The number of piperazine rings is 1. The second kappa shape index (κ2) is 11.0. The molecule has 0 radical (unpaired) electrons. The fourth-order valence-electron chi connectivity index (χ4n) is 4.04. The number of carbonyl (C=O) groups excluding carboxylic acids is 3. The summed E-state index contributed by atoms with van der Waals surface area (Å²) in [7, 11) is 0. The Bertz CT molecular complexity index is 1150. The van der Waals surface area contributed by atoms with Gasteiger partial charge in [-0.25, -0.2) is 0 Å². The van der Waals surface area contributed by atoms with Gasteiger partial charge in [-0.05, 0) is 29.8 Å². The van der Waals surface area contributed by atoms with Crippen LogP contribution in [0.1, 0.15) is 38.7 Å². The van der Waals surface area contributed by atoms with E-state index in [1.807, 2.05) is 48.5 Å². The highest BCUT2D eigenvalue weighted by Gasteiger charge is 2.27. The number of halogens is 1. The minimum atomic E-state index is -0.499. The van der Waals surface area contributed by atoms with Crippen LogP contribution in [0.5, 0.6) is 0 Å². The van der Waals surface area contributed by atoms with Crippen molar-refractivity contribution in [1.29, 1.82) is 0 Å². The van der Waals surface area contributed by atoms with Crippen molar-refractivity contribution >= 4 is 29.3 Å². The Morgan fingerprint density at radius 2 is 1.32 bits per heavy atom. The van der Waals surface area contributed by atoms with Crippen molar-refractivity contribution in [3.05, 3.63) is 107 Å². The third-order valence-corrected chi connectivity index (χ3v) is 6.27. The summed E-state index contributed by atoms with van der Waals surface area (Å²) >= 11 is 6.19. The first kappa shape index (κ1) is 23.5. The lowest BCUT2D eigenvalue weighted by atomic mass is 10.0. The Labute approximate surface area is 204 Å². The van der Waals surface area contributed by atoms with Crippen LogP contribution in [0.3, 0.4) is 0 Å². The van der Waals surface area contributed by atoms with Gasteiger partial charge in [0.05, 0.1) is 23.0 Å². The first-order chi connectivity index (χ1) is 16.5. The van der Waals surface area contributed by atoms with Crippen molar-refractivity contribution in [2.24, 2.45) is 0 Å². The van der Waals surface area contributed by atoms with Gasteiger partial charge < -0.3 is 15.1 Å². The third-order valence-electron chi connectivity index (χ3n) is 5.94. The zero-order chi connectivity index (χ0) is 23.9. The molecule has 7 heteroatoms. The van der Waals surface area contributed by atoms with Crippen LogP contribution < -0.4 is 5.32 Å². The van der Waals surface area contributed by atoms with E-state index in [1.165, 1.54) is 0 Å².